The lowest BCUT2D eigenvalue weighted by molar-refractivity contribution is 0.415. The van der Waals surface area contributed by atoms with Gasteiger partial charge in [-0.3, -0.25) is 0 Å². The van der Waals surface area contributed by atoms with Gasteiger partial charge in [-0.05, 0) is 23.8 Å². The van der Waals surface area contributed by atoms with E-state index in [0.717, 1.165) is 11.3 Å². The largest absolute Gasteiger partial charge is 0.497 e. The Morgan fingerprint density at radius 1 is 1.38 bits per heavy atom. The molecule has 1 aromatic carbocycles. The lowest BCUT2D eigenvalue weighted by Gasteiger charge is -1.98. The molecular weight excluding hydrogens is 166 g/mol. The summed E-state index contributed by atoms with van der Waals surface area (Å²) in [6, 6.07) is 7.42. The van der Waals surface area contributed by atoms with Crippen molar-refractivity contribution in [3.05, 3.63) is 36.0 Å². The van der Waals surface area contributed by atoms with Gasteiger partial charge in [0.15, 0.2) is 0 Å². The molecule has 0 saturated carbocycles. The molecule has 3 nitrogen and oxygen atoms in total. The summed E-state index contributed by atoms with van der Waals surface area (Å²) in [5, 5.41) is 0. The van der Waals surface area contributed by atoms with E-state index in [9.17, 15) is 4.79 Å². The van der Waals surface area contributed by atoms with Crippen molar-refractivity contribution in [3.8, 4) is 5.75 Å². The van der Waals surface area contributed by atoms with Crippen LogP contribution in [-0.4, -0.2) is 13.2 Å². The fourth-order valence-electron chi connectivity index (χ4n) is 0.869. The maximum absolute atomic E-state index is 9.73. The molecular formula is C10H9NO2. The van der Waals surface area contributed by atoms with Crippen molar-refractivity contribution in [1.29, 1.82) is 0 Å². The Labute approximate surface area is 76.4 Å². The van der Waals surface area contributed by atoms with Gasteiger partial charge in [0.2, 0.25) is 6.08 Å². The Kier molecular flexibility index (Phi) is 3.48. The van der Waals surface area contributed by atoms with Crippen LogP contribution in [0.5, 0.6) is 5.75 Å². The molecule has 0 aliphatic carbocycles. The number of isocyanates is 1. The maximum Gasteiger partial charge on any atom is 0.239 e. The average Bonchev–Trinajstić information content (AvgIpc) is 2.19. The van der Waals surface area contributed by atoms with Crippen LogP contribution in [0.2, 0.25) is 0 Å². The Bertz CT molecular complexity index is 334. The third kappa shape index (κ3) is 2.93. The highest BCUT2D eigenvalue weighted by atomic mass is 16.5. The fourth-order valence-corrected chi connectivity index (χ4v) is 0.869. The van der Waals surface area contributed by atoms with Crippen molar-refractivity contribution in [2.75, 3.05) is 7.11 Å². The van der Waals surface area contributed by atoms with Crippen molar-refractivity contribution >= 4 is 12.2 Å². The van der Waals surface area contributed by atoms with Gasteiger partial charge >= 0.3 is 0 Å². The quantitative estimate of drug-likeness (QED) is 0.520. The van der Waals surface area contributed by atoms with Crippen LogP contribution in [0.15, 0.2) is 35.5 Å². The third-order valence-corrected chi connectivity index (χ3v) is 1.51. The van der Waals surface area contributed by atoms with Crippen LogP contribution in [-0.2, 0) is 4.79 Å². The molecule has 66 valence electrons. The molecule has 1 rings (SSSR count). The Morgan fingerprint density at radius 3 is 2.62 bits per heavy atom. The lowest BCUT2D eigenvalue weighted by atomic mass is 10.2. The summed E-state index contributed by atoms with van der Waals surface area (Å²) in [7, 11) is 1.61. The van der Waals surface area contributed by atoms with E-state index in [2.05, 4.69) is 4.99 Å². The first-order valence-electron chi connectivity index (χ1n) is 3.74. The Morgan fingerprint density at radius 2 is 2.08 bits per heavy atom. The molecule has 1 aromatic rings. The first-order valence-corrected chi connectivity index (χ1v) is 3.74. The van der Waals surface area contributed by atoms with Crippen molar-refractivity contribution in [3.63, 3.8) is 0 Å². The Hall–Kier alpha value is -1.86. The van der Waals surface area contributed by atoms with Crippen LogP contribution in [0.25, 0.3) is 6.08 Å². The molecule has 0 aliphatic rings. The van der Waals surface area contributed by atoms with Crippen molar-refractivity contribution in [2.45, 2.75) is 0 Å². The minimum absolute atomic E-state index is 0.802. The summed E-state index contributed by atoms with van der Waals surface area (Å²) in [5.74, 6) is 0.802. The van der Waals surface area contributed by atoms with Gasteiger partial charge in [-0.25, -0.2) is 4.79 Å². The first-order chi connectivity index (χ1) is 6.36. The van der Waals surface area contributed by atoms with Gasteiger partial charge in [0.05, 0.1) is 7.11 Å². The second-order valence-corrected chi connectivity index (χ2v) is 2.31. The van der Waals surface area contributed by atoms with E-state index in [0.29, 0.717) is 0 Å². The minimum Gasteiger partial charge on any atom is -0.497 e. The number of benzene rings is 1. The zero-order valence-electron chi connectivity index (χ0n) is 7.23. The number of ether oxygens (including phenoxy) is 1. The van der Waals surface area contributed by atoms with E-state index in [4.69, 9.17) is 4.74 Å². The molecule has 0 fully saturated rings. The van der Waals surface area contributed by atoms with E-state index in [1.165, 1.54) is 12.3 Å². The second-order valence-electron chi connectivity index (χ2n) is 2.31. The highest BCUT2D eigenvalue weighted by molar-refractivity contribution is 5.51. The van der Waals surface area contributed by atoms with E-state index >= 15 is 0 Å². The smallest absolute Gasteiger partial charge is 0.239 e. The second kappa shape index (κ2) is 4.91. The summed E-state index contributed by atoms with van der Waals surface area (Å²) in [4.78, 5) is 13.0. The number of methoxy groups -OCH3 is 1. The molecule has 13 heavy (non-hydrogen) atoms. The van der Waals surface area contributed by atoms with Gasteiger partial charge in [0, 0.05) is 6.20 Å². The number of rotatable bonds is 3. The number of hydrogen-bond donors (Lipinski definition) is 0. The molecule has 0 atom stereocenters. The van der Waals surface area contributed by atoms with E-state index in [1.807, 2.05) is 24.3 Å². The molecule has 0 aliphatic heterocycles. The predicted molar refractivity (Wildman–Crippen MR) is 50.1 cm³/mol. The summed E-state index contributed by atoms with van der Waals surface area (Å²) in [6.45, 7) is 0. The first kappa shape index (κ1) is 9.23. The van der Waals surface area contributed by atoms with E-state index < -0.39 is 0 Å². The van der Waals surface area contributed by atoms with Crippen LogP contribution in [0.3, 0.4) is 0 Å². The molecule has 0 bridgehead atoms. The van der Waals surface area contributed by atoms with Gasteiger partial charge in [0.25, 0.3) is 0 Å². The van der Waals surface area contributed by atoms with Gasteiger partial charge in [-0.2, -0.15) is 4.99 Å². The Balaban J connectivity index is 2.74. The highest BCUT2D eigenvalue weighted by Crippen LogP contribution is 2.11. The number of nitrogens with zero attached hydrogens (tertiary/aromatic N) is 1. The van der Waals surface area contributed by atoms with E-state index in [-0.39, 0.29) is 0 Å². The molecule has 0 amide bonds. The molecule has 0 spiro atoms. The van der Waals surface area contributed by atoms with Crippen LogP contribution in [0.1, 0.15) is 5.56 Å². The highest BCUT2D eigenvalue weighted by Gasteiger charge is 1.88. The molecule has 3 heteroatoms. The summed E-state index contributed by atoms with van der Waals surface area (Å²) in [5.41, 5.74) is 0.958. The van der Waals surface area contributed by atoms with Crippen molar-refractivity contribution in [2.24, 2.45) is 4.99 Å². The predicted octanol–water partition coefficient (Wildman–Crippen LogP) is 2.00. The topological polar surface area (TPSA) is 38.7 Å². The van der Waals surface area contributed by atoms with Gasteiger partial charge in [0.1, 0.15) is 5.75 Å². The number of hydrogen-bond acceptors (Lipinski definition) is 3. The molecule has 0 aromatic heterocycles. The minimum atomic E-state index is 0.802. The van der Waals surface area contributed by atoms with Crippen LogP contribution in [0, 0.1) is 0 Å². The monoisotopic (exact) mass is 175 g/mol. The molecule has 0 saturated heterocycles. The summed E-state index contributed by atoms with van der Waals surface area (Å²) >= 11 is 0. The molecule has 0 heterocycles. The van der Waals surface area contributed by atoms with E-state index in [1.54, 1.807) is 13.2 Å². The normalized spacial score (nSPS) is 9.62. The SMILES string of the molecule is COc1ccc(/C=C/N=C=O)cc1. The van der Waals surface area contributed by atoms with Crippen molar-refractivity contribution in [1.82, 2.24) is 0 Å². The van der Waals surface area contributed by atoms with Gasteiger partial charge in [-0.1, -0.05) is 12.1 Å². The number of aliphatic imine (C=N–C) groups is 1. The standard InChI is InChI=1S/C10H9NO2/c1-13-10-4-2-9(3-5-10)6-7-11-8-12/h2-7H,1H3/b7-6+. The van der Waals surface area contributed by atoms with Gasteiger partial charge < -0.3 is 4.74 Å². The lowest BCUT2D eigenvalue weighted by Crippen LogP contribution is -1.81. The van der Waals surface area contributed by atoms with Crippen LogP contribution < -0.4 is 4.74 Å². The number of carbonyl (C=O) groups excluding carboxylic acids is 1. The molecule has 0 N–H and O–H groups in total. The third-order valence-electron chi connectivity index (χ3n) is 1.51. The van der Waals surface area contributed by atoms with Crippen molar-refractivity contribution < 1.29 is 9.53 Å². The van der Waals surface area contributed by atoms with Crippen LogP contribution >= 0.6 is 0 Å². The van der Waals surface area contributed by atoms with Gasteiger partial charge in [-0.15, -0.1) is 0 Å². The zero-order valence-corrected chi connectivity index (χ0v) is 7.23. The summed E-state index contributed by atoms with van der Waals surface area (Å²) < 4.78 is 4.98. The zero-order chi connectivity index (χ0) is 9.52. The fraction of sp³-hybridized carbons (Fsp3) is 0.100. The molecule has 0 unspecified atom stereocenters. The maximum atomic E-state index is 9.73. The average molecular weight is 175 g/mol. The molecule has 0 radical (unpaired) electrons. The van der Waals surface area contributed by atoms with Crippen LogP contribution in [0.4, 0.5) is 0 Å². The summed E-state index contributed by atoms with van der Waals surface area (Å²) in [6.07, 6.45) is 4.53.